The van der Waals surface area contributed by atoms with E-state index in [9.17, 15) is 14.4 Å². The molecule has 0 saturated heterocycles. The number of fused-ring (bicyclic) bond motifs is 1. The van der Waals surface area contributed by atoms with Crippen LogP contribution >= 0.6 is 0 Å². The second-order valence-corrected chi connectivity index (χ2v) is 6.48. The summed E-state index contributed by atoms with van der Waals surface area (Å²) in [5, 5.41) is 2.80. The van der Waals surface area contributed by atoms with Crippen LogP contribution in [0.4, 0.5) is 0 Å². The monoisotopic (exact) mass is 367 g/mol. The Kier molecular flexibility index (Phi) is 5.54. The molecule has 140 valence electrons. The van der Waals surface area contributed by atoms with E-state index in [2.05, 4.69) is 5.32 Å². The summed E-state index contributed by atoms with van der Waals surface area (Å²) in [6.07, 6.45) is -1.82. The molecule has 0 bridgehead atoms. The quantitative estimate of drug-likeness (QED) is 0.822. The fourth-order valence-electron chi connectivity index (χ4n) is 2.92. The average Bonchev–Trinajstić information content (AvgIpc) is 2.68. The van der Waals surface area contributed by atoms with Crippen LogP contribution in [0.5, 0.6) is 0 Å². The smallest absolute Gasteiger partial charge is 0.348 e. The van der Waals surface area contributed by atoms with E-state index in [1.807, 2.05) is 37.3 Å². The number of benzene rings is 2. The van der Waals surface area contributed by atoms with E-state index >= 15 is 0 Å². The number of carbonyl (C=O) groups excluding carboxylic acids is 3. The van der Waals surface area contributed by atoms with Crippen molar-refractivity contribution in [3.63, 3.8) is 0 Å². The van der Waals surface area contributed by atoms with Crippen LogP contribution in [0.3, 0.4) is 0 Å². The minimum atomic E-state index is -1.05. The first-order valence-electron chi connectivity index (χ1n) is 8.80. The molecule has 0 radical (unpaired) electrons. The van der Waals surface area contributed by atoms with Crippen LogP contribution in [0.25, 0.3) is 0 Å². The summed E-state index contributed by atoms with van der Waals surface area (Å²) < 4.78 is 10.4. The maximum Gasteiger partial charge on any atom is 0.348 e. The molecule has 1 aliphatic rings. The Morgan fingerprint density at radius 1 is 1.07 bits per heavy atom. The lowest BCUT2D eigenvalue weighted by Gasteiger charge is -2.25. The highest BCUT2D eigenvalue weighted by atomic mass is 16.6. The van der Waals surface area contributed by atoms with Crippen LogP contribution in [0.15, 0.2) is 54.6 Å². The third-order valence-electron chi connectivity index (χ3n) is 4.48. The third-order valence-corrected chi connectivity index (χ3v) is 4.48. The molecule has 3 atom stereocenters. The zero-order valence-electron chi connectivity index (χ0n) is 15.2. The summed E-state index contributed by atoms with van der Waals surface area (Å²) in [6, 6.07) is 16.2. The van der Waals surface area contributed by atoms with Gasteiger partial charge in [-0.3, -0.25) is 4.79 Å². The number of nitrogens with one attached hydrogen (secondary N) is 1. The largest absolute Gasteiger partial charge is 0.450 e. The van der Waals surface area contributed by atoms with Gasteiger partial charge in [-0.1, -0.05) is 48.5 Å². The highest BCUT2D eigenvalue weighted by Gasteiger charge is 2.34. The summed E-state index contributed by atoms with van der Waals surface area (Å²) in [4.78, 5) is 36.7. The molecule has 0 aliphatic carbocycles. The van der Waals surface area contributed by atoms with Crippen molar-refractivity contribution < 1.29 is 23.9 Å². The molecule has 0 saturated carbocycles. The Hall–Kier alpha value is -3.15. The molecule has 1 amide bonds. The normalized spacial score (nSPS) is 17.9. The van der Waals surface area contributed by atoms with Crippen LogP contribution in [0.2, 0.25) is 0 Å². The van der Waals surface area contributed by atoms with Crippen molar-refractivity contribution in [2.45, 2.75) is 38.5 Å². The van der Waals surface area contributed by atoms with E-state index in [1.54, 1.807) is 24.3 Å². The molecule has 6 nitrogen and oxygen atoms in total. The van der Waals surface area contributed by atoms with Crippen molar-refractivity contribution in [1.29, 1.82) is 0 Å². The molecule has 6 heteroatoms. The van der Waals surface area contributed by atoms with Crippen molar-refractivity contribution in [2.24, 2.45) is 0 Å². The van der Waals surface area contributed by atoms with Gasteiger partial charge in [0.05, 0.1) is 11.6 Å². The first kappa shape index (κ1) is 18.6. The van der Waals surface area contributed by atoms with Gasteiger partial charge in [-0.25, -0.2) is 9.59 Å². The predicted octanol–water partition coefficient (Wildman–Crippen LogP) is 2.58. The maximum absolute atomic E-state index is 12.3. The molecule has 0 spiro atoms. The third kappa shape index (κ3) is 4.34. The summed E-state index contributed by atoms with van der Waals surface area (Å²) in [6.45, 7) is 3.34. The second kappa shape index (κ2) is 8.03. The molecule has 0 fully saturated rings. The van der Waals surface area contributed by atoms with Crippen LogP contribution in [0.1, 0.15) is 41.4 Å². The van der Waals surface area contributed by atoms with E-state index in [0.717, 1.165) is 11.1 Å². The molecule has 1 aliphatic heterocycles. The number of rotatable bonds is 5. The predicted molar refractivity (Wildman–Crippen MR) is 97.9 cm³/mol. The van der Waals surface area contributed by atoms with Crippen molar-refractivity contribution in [1.82, 2.24) is 5.32 Å². The maximum atomic E-state index is 12.3. The number of ether oxygens (including phenoxy) is 2. The van der Waals surface area contributed by atoms with E-state index in [0.29, 0.717) is 5.56 Å². The number of cyclic esters (lactones) is 1. The van der Waals surface area contributed by atoms with Crippen LogP contribution in [-0.2, 0) is 25.5 Å². The lowest BCUT2D eigenvalue weighted by atomic mass is 9.99. The Balaban J connectivity index is 1.57. The van der Waals surface area contributed by atoms with Gasteiger partial charge in [-0.05, 0) is 31.0 Å². The fraction of sp³-hybridized carbons (Fsp3) is 0.286. The minimum Gasteiger partial charge on any atom is -0.450 e. The zero-order valence-corrected chi connectivity index (χ0v) is 15.2. The van der Waals surface area contributed by atoms with Gasteiger partial charge < -0.3 is 14.8 Å². The van der Waals surface area contributed by atoms with Gasteiger partial charge in [0, 0.05) is 6.42 Å². The lowest BCUT2D eigenvalue weighted by molar-refractivity contribution is -0.163. The van der Waals surface area contributed by atoms with Gasteiger partial charge in [0.25, 0.3) is 5.91 Å². The van der Waals surface area contributed by atoms with Gasteiger partial charge in [-0.15, -0.1) is 0 Å². The fourth-order valence-corrected chi connectivity index (χ4v) is 2.92. The summed E-state index contributed by atoms with van der Waals surface area (Å²) in [5.41, 5.74) is 2.12. The molecular formula is C21H21NO5. The average molecular weight is 367 g/mol. The Bertz CT molecular complexity index is 849. The molecule has 0 unspecified atom stereocenters. The van der Waals surface area contributed by atoms with Crippen molar-refractivity contribution in [2.75, 3.05) is 0 Å². The van der Waals surface area contributed by atoms with Crippen LogP contribution < -0.4 is 5.32 Å². The summed E-state index contributed by atoms with van der Waals surface area (Å²) in [7, 11) is 0. The summed E-state index contributed by atoms with van der Waals surface area (Å²) >= 11 is 0. The number of hydrogen-bond donors (Lipinski definition) is 1. The molecule has 3 rings (SSSR count). The number of amides is 1. The van der Waals surface area contributed by atoms with Crippen LogP contribution in [-0.4, -0.2) is 30.1 Å². The minimum absolute atomic E-state index is 0.223. The van der Waals surface area contributed by atoms with E-state index in [1.165, 1.54) is 6.92 Å². The zero-order chi connectivity index (χ0) is 19.4. The Morgan fingerprint density at radius 2 is 1.74 bits per heavy atom. The molecule has 27 heavy (non-hydrogen) atoms. The van der Waals surface area contributed by atoms with E-state index < -0.39 is 30.1 Å². The first-order chi connectivity index (χ1) is 13.0. The summed E-state index contributed by atoms with van der Waals surface area (Å²) in [5.74, 6) is -1.70. The highest BCUT2D eigenvalue weighted by Crippen LogP contribution is 2.21. The van der Waals surface area contributed by atoms with Gasteiger partial charge in [-0.2, -0.15) is 0 Å². The molecular weight excluding hydrogens is 346 g/mol. The standard InChI is InChI=1S/C21H21NO5/c1-13(15-8-4-3-5-9-15)22-19(23)14(2)26-21(25)18-12-16-10-6-7-11-17(16)20(24)27-18/h3-11,13-14,18H,12H2,1-2H3,(H,22,23)/t13-,14-,18+/m0/s1. The molecule has 1 heterocycles. The lowest BCUT2D eigenvalue weighted by Crippen LogP contribution is -2.42. The van der Waals surface area contributed by atoms with Gasteiger partial charge in [0.15, 0.2) is 6.10 Å². The van der Waals surface area contributed by atoms with E-state index in [4.69, 9.17) is 9.47 Å². The van der Waals surface area contributed by atoms with Gasteiger partial charge in [0.1, 0.15) is 0 Å². The molecule has 2 aromatic carbocycles. The van der Waals surface area contributed by atoms with Crippen LogP contribution in [0, 0.1) is 0 Å². The van der Waals surface area contributed by atoms with Gasteiger partial charge >= 0.3 is 11.9 Å². The molecule has 1 N–H and O–H groups in total. The van der Waals surface area contributed by atoms with Crippen molar-refractivity contribution in [3.05, 3.63) is 71.3 Å². The Labute approximate surface area is 157 Å². The number of hydrogen-bond acceptors (Lipinski definition) is 5. The highest BCUT2D eigenvalue weighted by molar-refractivity contribution is 5.95. The van der Waals surface area contributed by atoms with Gasteiger partial charge in [0.2, 0.25) is 6.10 Å². The number of carbonyl (C=O) groups is 3. The molecule has 0 aromatic heterocycles. The number of esters is 2. The first-order valence-corrected chi connectivity index (χ1v) is 8.80. The van der Waals surface area contributed by atoms with Crippen molar-refractivity contribution >= 4 is 17.8 Å². The Morgan fingerprint density at radius 3 is 2.48 bits per heavy atom. The van der Waals surface area contributed by atoms with Crippen molar-refractivity contribution in [3.8, 4) is 0 Å². The molecule has 2 aromatic rings. The topological polar surface area (TPSA) is 81.7 Å². The van der Waals surface area contributed by atoms with E-state index in [-0.39, 0.29) is 12.5 Å². The SMILES string of the molecule is C[C@H](OC(=O)[C@H]1Cc2ccccc2C(=O)O1)C(=O)N[C@@H](C)c1ccccc1. The second-order valence-electron chi connectivity index (χ2n) is 6.48.